The summed E-state index contributed by atoms with van der Waals surface area (Å²) in [5.41, 5.74) is 5.34. The van der Waals surface area contributed by atoms with Gasteiger partial charge in [0.2, 0.25) is 0 Å². The van der Waals surface area contributed by atoms with Crippen LogP contribution in [0, 0.1) is 0 Å². The number of hydrogen-bond acceptors (Lipinski definition) is 3. The summed E-state index contributed by atoms with van der Waals surface area (Å²) in [4.78, 5) is 11.9. The monoisotopic (exact) mass is 260 g/mol. The molecule has 1 rings (SSSR count). The van der Waals surface area contributed by atoms with Crippen molar-refractivity contribution in [2.75, 3.05) is 6.54 Å². The van der Waals surface area contributed by atoms with E-state index in [1.54, 1.807) is 0 Å². The summed E-state index contributed by atoms with van der Waals surface area (Å²) in [7, 11) is 0. The molecule has 3 N–H and O–H groups in total. The van der Waals surface area contributed by atoms with Gasteiger partial charge >= 0.3 is 0 Å². The van der Waals surface area contributed by atoms with Gasteiger partial charge in [-0.2, -0.15) is 0 Å². The number of furan rings is 1. The molecule has 16 heavy (non-hydrogen) atoms. The molecule has 0 saturated carbocycles. The molecule has 6 heteroatoms. The van der Waals surface area contributed by atoms with E-state index in [4.69, 9.17) is 34.0 Å². The summed E-state index contributed by atoms with van der Waals surface area (Å²) in [6, 6.07) is 3.07. The first kappa shape index (κ1) is 13.0. The van der Waals surface area contributed by atoms with Crippen molar-refractivity contribution in [1.82, 2.24) is 5.32 Å². The molecule has 0 radical (unpaired) electrons. The first-order valence-corrected chi connectivity index (χ1v) is 5.70. The molecule has 0 saturated heterocycles. The highest BCUT2D eigenvalue weighted by molar-refractivity contribution is 7.80. The summed E-state index contributed by atoms with van der Waals surface area (Å²) in [6.07, 6.45) is 2.41. The second kappa shape index (κ2) is 6.50. The van der Waals surface area contributed by atoms with Crippen molar-refractivity contribution in [3.8, 4) is 0 Å². The van der Waals surface area contributed by atoms with Gasteiger partial charge in [0.05, 0.1) is 4.99 Å². The number of carbonyl (C=O) groups is 1. The van der Waals surface area contributed by atoms with Crippen LogP contribution in [0.1, 0.15) is 29.8 Å². The van der Waals surface area contributed by atoms with Gasteiger partial charge in [0.25, 0.3) is 5.91 Å². The summed E-state index contributed by atoms with van der Waals surface area (Å²) in [6.45, 7) is 0.569. The van der Waals surface area contributed by atoms with Crippen molar-refractivity contribution >= 4 is 34.7 Å². The van der Waals surface area contributed by atoms with Gasteiger partial charge in [0, 0.05) is 6.54 Å². The zero-order valence-electron chi connectivity index (χ0n) is 8.66. The summed E-state index contributed by atoms with van der Waals surface area (Å²) < 4.78 is 4.95. The fourth-order valence-corrected chi connectivity index (χ4v) is 1.44. The third-order valence-electron chi connectivity index (χ3n) is 1.93. The molecule has 0 aliphatic rings. The van der Waals surface area contributed by atoms with Crippen LogP contribution in [0.4, 0.5) is 0 Å². The maximum atomic E-state index is 11.4. The highest BCUT2D eigenvalue weighted by Gasteiger charge is 2.08. The smallest absolute Gasteiger partial charge is 0.287 e. The van der Waals surface area contributed by atoms with E-state index < -0.39 is 0 Å². The SMILES string of the molecule is NC(=S)CCCCNC(=O)c1ccc(Cl)o1. The minimum Gasteiger partial charge on any atom is -0.440 e. The van der Waals surface area contributed by atoms with Crippen LogP contribution < -0.4 is 11.1 Å². The summed E-state index contributed by atoms with van der Waals surface area (Å²) in [5, 5.41) is 2.92. The number of unbranched alkanes of at least 4 members (excludes halogenated alkanes) is 1. The number of halogens is 1. The first-order valence-electron chi connectivity index (χ1n) is 4.91. The van der Waals surface area contributed by atoms with Gasteiger partial charge in [0.15, 0.2) is 11.0 Å². The van der Waals surface area contributed by atoms with Crippen LogP contribution in [0.2, 0.25) is 5.22 Å². The van der Waals surface area contributed by atoms with Gasteiger partial charge in [-0.15, -0.1) is 0 Å². The molecule has 0 aromatic carbocycles. The van der Waals surface area contributed by atoms with Gasteiger partial charge in [-0.1, -0.05) is 12.2 Å². The maximum absolute atomic E-state index is 11.4. The lowest BCUT2D eigenvalue weighted by molar-refractivity contribution is 0.0925. The van der Waals surface area contributed by atoms with Gasteiger partial charge in [-0.25, -0.2) is 0 Å². The number of hydrogen-bond donors (Lipinski definition) is 2. The van der Waals surface area contributed by atoms with Crippen LogP contribution in [0.25, 0.3) is 0 Å². The van der Waals surface area contributed by atoms with Crippen molar-refractivity contribution in [2.24, 2.45) is 5.73 Å². The molecule has 1 aromatic rings. The molecule has 1 aromatic heterocycles. The fraction of sp³-hybridized carbons (Fsp3) is 0.400. The zero-order chi connectivity index (χ0) is 12.0. The molecular weight excluding hydrogens is 248 g/mol. The lowest BCUT2D eigenvalue weighted by Gasteiger charge is -2.02. The largest absolute Gasteiger partial charge is 0.440 e. The Morgan fingerprint density at radius 3 is 2.81 bits per heavy atom. The third-order valence-corrected chi connectivity index (χ3v) is 2.34. The Balaban J connectivity index is 2.18. The Morgan fingerprint density at radius 1 is 1.50 bits per heavy atom. The second-order valence-corrected chi connectivity index (χ2v) is 4.18. The van der Waals surface area contributed by atoms with E-state index in [0.717, 1.165) is 12.8 Å². The van der Waals surface area contributed by atoms with Crippen LogP contribution in [-0.4, -0.2) is 17.4 Å². The number of nitrogens with one attached hydrogen (secondary N) is 1. The van der Waals surface area contributed by atoms with E-state index in [1.165, 1.54) is 12.1 Å². The van der Waals surface area contributed by atoms with Crippen molar-refractivity contribution < 1.29 is 9.21 Å². The van der Waals surface area contributed by atoms with E-state index in [9.17, 15) is 4.79 Å². The van der Waals surface area contributed by atoms with Gasteiger partial charge in [0.1, 0.15) is 0 Å². The molecule has 0 fully saturated rings. The number of amides is 1. The highest BCUT2D eigenvalue weighted by Crippen LogP contribution is 2.12. The Labute approximate surface area is 104 Å². The van der Waals surface area contributed by atoms with Crippen molar-refractivity contribution in [1.29, 1.82) is 0 Å². The highest BCUT2D eigenvalue weighted by atomic mass is 35.5. The lowest BCUT2D eigenvalue weighted by atomic mass is 10.2. The minimum absolute atomic E-state index is 0.207. The minimum atomic E-state index is -0.262. The third kappa shape index (κ3) is 4.63. The maximum Gasteiger partial charge on any atom is 0.287 e. The van der Waals surface area contributed by atoms with E-state index in [2.05, 4.69) is 5.32 Å². The quantitative estimate of drug-likeness (QED) is 0.607. The molecule has 0 atom stereocenters. The number of carbonyl (C=O) groups excluding carboxylic acids is 1. The van der Waals surface area contributed by atoms with Gasteiger partial charge in [-0.3, -0.25) is 4.79 Å². The van der Waals surface area contributed by atoms with Crippen LogP contribution in [-0.2, 0) is 0 Å². The lowest BCUT2D eigenvalue weighted by Crippen LogP contribution is -2.24. The van der Waals surface area contributed by atoms with Gasteiger partial charge in [-0.05, 0) is 43.0 Å². The van der Waals surface area contributed by atoms with Crippen LogP contribution in [0.5, 0.6) is 0 Å². The molecule has 0 aliphatic carbocycles. The Bertz CT molecular complexity index is 379. The average Bonchev–Trinajstić information content (AvgIpc) is 2.63. The topological polar surface area (TPSA) is 68.3 Å². The van der Waals surface area contributed by atoms with E-state index in [1.807, 2.05) is 0 Å². The van der Waals surface area contributed by atoms with Crippen molar-refractivity contribution in [2.45, 2.75) is 19.3 Å². The Kier molecular flexibility index (Phi) is 5.28. The summed E-state index contributed by atoms with van der Waals surface area (Å²) >= 11 is 10.3. The fourth-order valence-electron chi connectivity index (χ4n) is 1.15. The normalized spacial score (nSPS) is 10.1. The van der Waals surface area contributed by atoms with Crippen LogP contribution in [0.15, 0.2) is 16.5 Å². The number of thiocarbonyl (C=S) groups is 1. The van der Waals surface area contributed by atoms with Crippen molar-refractivity contribution in [3.05, 3.63) is 23.1 Å². The molecule has 88 valence electrons. The molecule has 0 unspecified atom stereocenters. The van der Waals surface area contributed by atoms with E-state index in [-0.39, 0.29) is 16.9 Å². The Hall–Kier alpha value is -1.07. The molecule has 4 nitrogen and oxygen atoms in total. The zero-order valence-corrected chi connectivity index (χ0v) is 10.2. The molecule has 1 amide bonds. The number of rotatable bonds is 6. The molecule has 0 bridgehead atoms. The van der Waals surface area contributed by atoms with E-state index >= 15 is 0 Å². The molecular formula is C10H13ClN2O2S. The number of nitrogens with two attached hydrogens (primary N) is 1. The van der Waals surface area contributed by atoms with Crippen LogP contribution in [0.3, 0.4) is 0 Å². The van der Waals surface area contributed by atoms with E-state index in [0.29, 0.717) is 18.0 Å². The molecule has 0 spiro atoms. The van der Waals surface area contributed by atoms with Gasteiger partial charge < -0.3 is 15.5 Å². The Morgan fingerprint density at radius 2 is 2.25 bits per heavy atom. The molecule has 0 aliphatic heterocycles. The second-order valence-electron chi connectivity index (χ2n) is 3.28. The predicted octanol–water partition coefficient (Wildman–Crippen LogP) is 2.12. The average molecular weight is 261 g/mol. The van der Waals surface area contributed by atoms with Crippen LogP contribution >= 0.6 is 23.8 Å². The molecule has 1 heterocycles. The standard InChI is InChI=1S/C10H13ClN2O2S/c11-8-5-4-7(15-8)10(14)13-6-2-1-3-9(12)16/h4-5H,1-3,6H2,(H2,12,16)(H,13,14). The summed E-state index contributed by atoms with van der Waals surface area (Å²) in [5.74, 6) is -0.0402. The van der Waals surface area contributed by atoms with Crippen molar-refractivity contribution in [3.63, 3.8) is 0 Å². The first-order chi connectivity index (χ1) is 7.59. The predicted molar refractivity (Wildman–Crippen MR) is 66.7 cm³/mol.